The summed E-state index contributed by atoms with van der Waals surface area (Å²) in [5, 5.41) is 3.69. The van der Waals surface area contributed by atoms with Crippen LogP contribution in [0.5, 0.6) is 0 Å². The van der Waals surface area contributed by atoms with Gasteiger partial charge in [0.2, 0.25) is 0 Å². The van der Waals surface area contributed by atoms with Crippen molar-refractivity contribution in [1.29, 1.82) is 0 Å². The number of ether oxygens (including phenoxy) is 3. The fourth-order valence-electron chi connectivity index (χ4n) is 4.27. The van der Waals surface area contributed by atoms with E-state index in [2.05, 4.69) is 5.32 Å². The van der Waals surface area contributed by atoms with Gasteiger partial charge in [-0.15, -0.1) is 0 Å². The number of ketones is 1. The molecule has 8 heteroatoms. The Kier molecular flexibility index (Phi) is 7.18. The lowest BCUT2D eigenvalue weighted by atomic mass is 9.69. The lowest BCUT2D eigenvalue weighted by Crippen LogP contribution is -2.43. The molecule has 0 saturated heterocycles. The van der Waals surface area contributed by atoms with Crippen LogP contribution in [0.15, 0.2) is 46.8 Å². The predicted molar refractivity (Wildman–Crippen MR) is 114 cm³/mol. The Bertz CT molecular complexity index is 967. The Morgan fingerprint density at radius 2 is 1.97 bits per heavy atom. The quantitative estimate of drug-likeness (QED) is 0.407. The van der Waals surface area contributed by atoms with E-state index in [1.165, 1.54) is 14.2 Å². The Labute approximate surface area is 186 Å². The van der Waals surface area contributed by atoms with Gasteiger partial charge >= 0.3 is 11.9 Å². The van der Waals surface area contributed by atoms with E-state index in [1.807, 2.05) is 6.92 Å². The molecule has 0 saturated carbocycles. The van der Waals surface area contributed by atoms with E-state index < -0.39 is 23.8 Å². The van der Waals surface area contributed by atoms with E-state index >= 15 is 0 Å². The number of Topliss-reactive ketones (excluding diaryl/α,β-unsaturated/α-hetero) is 1. The SMILES string of the molecule is COCCOC(=O)C1=C(C)NC2=C(C(=O)[C@@H](C(=O)OC)[C@H](C)C2)[C@@H]1c1cccc(Cl)c1. The number of carbonyl (C=O) groups excluding carboxylic acids is 3. The second kappa shape index (κ2) is 9.66. The first-order chi connectivity index (χ1) is 14.8. The van der Waals surface area contributed by atoms with Crippen LogP contribution in [0.3, 0.4) is 0 Å². The molecule has 1 aliphatic heterocycles. The van der Waals surface area contributed by atoms with Crippen LogP contribution in [-0.2, 0) is 28.6 Å². The zero-order valence-electron chi connectivity index (χ0n) is 18.0. The molecule has 1 aromatic carbocycles. The number of halogens is 1. The van der Waals surface area contributed by atoms with Crippen LogP contribution in [0.25, 0.3) is 0 Å². The molecule has 7 nitrogen and oxygen atoms in total. The van der Waals surface area contributed by atoms with Gasteiger partial charge in [-0.2, -0.15) is 0 Å². The maximum atomic E-state index is 13.5. The van der Waals surface area contributed by atoms with Crippen molar-refractivity contribution in [2.24, 2.45) is 11.8 Å². The summed E-state index contributed by atoms with van der Waals surface area (Å²) >= 11 is 6.23. The van der Waals surface area contributed by atoms with Gasteiger partial charge in [0, 0.05) is 35.0 Å². The van der Waals surface area contributed by atoms with E-state index in [-0.39, 0.29) is 24.9 Å². The molecule has 0 unspecified atom stereocenters. The number of allylic oxidation sites excluding steroid dienone is 3. The molecule has 0 bridgehead atoms. The highest BCUT2D eigenvalue weighted by Gasteiger charge is 2.47. The zero-order valence-corrected chi connectivity index (χ0v) is 18.7. The number of dihydropyridines is 1. The Balaban J connectivity index is 2.12. The first kappa shape index (κ1) is 23.0. The summed E-state index contributed by atoms with van der Waals surface area (Å²) in [6.07, 6.45) is 0.473. The molecule has 31 heavy (non-hydrogen) atoms. The summed E-state index contributed by atoms with van der Waals surface area (Å²) in [7, 11) is 2.78. The minimum atomic E-state index is -0.934. The van der Waals surface area contributed by atoms with Crippen LogP contribution in [0.2, 0.25) is 5.02 Å². The molecule has 0 amide bonds. The number of nitrogens with one attached hydrogen (secondary N) is 1. The summed E-state index contributed by atoms with van der Waals surface area (Å²) < 4.78 is 15.2. The molecule has 0 spiro atoms. The molecule has 2 aliphatic rings. The monoisotopic (exact) mass is 447 g/mol. The highest BCUT2D eigenvalue weighted by molar-refractivity contribution is 6.30. The molecule has 1 N–H and O–H groups in total. The third-order valence-corrected chi connectivity index (χ3v) is 5.90. The summed E-state index contributed by atoms with van der Waals surface area (Å²) in [5.41, 5.74) is 2.66. The number of carbonyl (C=O) groups is 3. The number of methoxy groups -OCH3 is 2. The third kappa shape index (κ3) is 4.52. The number of hydrogen-bond donors (Lipinski definition) is 1. The summed E-state index contributed by atoms with van der Waals surface area (Å²) in [6.45, 7) is 3.95. The molecule has 166 valence electrons. The van der Waals surface area contributed by atoms with Gasteiger partial charge in [-0.25, -0.2) is 4.79 Å². The lowest BCUT2D eigenvalue weighted by molar-refractivity contribution is -0.151. The maximum Gasteiger partial charge on any atom is 0.336 e. The minimum Gasteiger partial charge on any atom is -0.468 e. The maximum absolute atomic E-state index is 13.5. The summed E-state index contributed by atoms with van der Waals surface area (Å²) in [5.74, 6) is -3.38. The van der Waals surface area contributed by atoms with E-state index in [4.69, 9.17) is 25.8 Å². The second-order valence-corrected chi connectivity index (χ2v) is 8.16. The molecule has 3 atom stereocenters. The topological polar surface area (TPSA) is 90.9 Å². The fourth-order valence-corrected chi connectivity index (χ4v) is 4.46. The summed E-state index contributed by atoms with van der Waals surface area (Å²) in [4.78, 5) is 39.0. The van der Waals surface area contributed by atoms with Gasteiger partial charge in [-0.05, 0) is 37.0 Å². The molecule has 1 heterocycles. The second-order valence-electron chi connectivity index (χ2n) is 7.72. The Morgan fingerprint density at radius 3 is 2.61 bits per heavy atom. The molecule has 3 rings (SSSR count). The van der Waals surface area contributed by atoms with Crippen LogP contribution in [0.1, 0.15) is 31.7 Å². The first-order valence-corrected chi connectivity index (χ1v) is 10.4. The standard InChI is InChI=1S/C23H26ClNO6/c1-12-10-16-20(21(26)17(12)22(27)30-4)19(14-6-5-7-15(24)11-14)18(13(2)25-16)23(28)31-9-8-29-3/h5-7,11-12,17,19,25H,8-10H2,1-4H3/t12-,17+,19-/m1/s1. The van der Waals surface area contributed by atoms with Gasteiger partial charge in [0.1, 0.15) is 12.5 Å². The lowest BCUT2D eigenvalue weighted by Gasteiger charge is -2.38. The van der Waals surface area contributed by atoms with Crippen molar-refractivity contribution in [1.82, 2.24) is 5.32 Å². The van der Waals surface area contributed by atoms with Crippen molar-refractivity contribution < 1.29 is 28.6 Å². The van der Waals surface area contributed by atoms with Crippen LogP contribution in [-0.4, -0.2) is 45.2 Å². The van der Waals surface area contributed by atoms with Crippen molar-refractivity contribution >= 4 is 29.3 Å². The summed E-state index contributed by atoms with van der Waals surface area (Å²) in [6, 6.07) is 7.00. The van der Waals surface area contributed by atoms with Gasteiger partial charge in [0.05, 0.1) is 19.3 Å². The van der Waals surface area contributed by atoms with Gasteiger partial charge in [-0.1, -0.05) is 30.7 Å². The first-order valence-electron chi connectivity index (χ1n) is 10.0. The Morgan fingerprint density at radius 1 is 1.23 bits per heavy atom. The van der Waals surface area contributed by atoms with Crippen molar-refractivity contribution in [3.8, 4) is 0 Å². The fraction of sp³-hybridized carbons (Fsp3) is 0.435. The molecule has 0 aromatic heterocycles. The third-order valence-electron chi connectivity index (χ3n) is 5.67. The number of benzene rings is 1. The van der Waals surface area contributed by atoms with Crippen LogP contribution in [0.4, 0.5) is 0 Å². The van der Waals surface area contributed by atoms with Crippen LogP contribution in [0, 0.1) is 11.8 Å². The number of hydrogen-bond acceptors (Lipinski definition) is 7. The average Bonchev–Trinajstić information content (AvgIpc) is 2.72. The average molecular weight is 448 g/mol. The van der Waals surface area contributed by atoms with E-state index in [1.54, 1.807) is 31.2 Å². The molecule has 0 radical (unpaired) electrons. The predicted octanol–water partition coefficient (Wildman–Crippen LogP) is 3.14. The Hall–Kier alpha value is -2.64. The van der Waals surface area contributed by atoms with Crippen LogP contribution < -0.4 is 5.32 Å². The molecule has 1 aliphatic carbocycles. The van der Waals surface area contributed by atoms with E-state index in [9.17, 15) is 14.4 Å². The van der Waals surface area contributed by atoms with Gasteiger partial charge in [0.15, 0.2) is 5.78 Å². The molecular weight excluding hydrogens is 422 g/mol. The van der Waals surface area contributed by atoms with Crippen molar-refractivity contribution in [3.05, 3.63) is 57.4 Å². The number of esters is 2. The molecule has 1 aromatic rings. The van der Waals surface area contributed by atoms with Crippen LogP contribution >= 0.6 is 11.6 Å². The van der Waals surface area contributed by atoms with E-state index in [0.29, 0.717) is 39.5 Å². The van der Waals surface area contributed by atoms with Gasteiger partial charge < -0.3 is 19.5 Å². The van der Waals surface area contributed by atoms with Gasteiger partial charge in [-0.3, -0.25) is 9.59 Å². The highest BCUT2D eigenvalue weighted by Crippen LogP contribution is 2.45. The molecular formula is C23H26ClNO6. The highest BCUT2D eigenvalue weighted by atomic mass is 35.5. The largest absolute Gasteiger partial charge is 0.468 e. The van der Waals surface area contributed by atoms with Crippen molar-refractivity contribution in [3.63, 3.8) is 0 Å². The molecule has 0 fully saturated rings. The van der Waals surface area contributed by atoms with Gasteiger partial charge in [0.25, 0.3) is 0 Å². The number of rotatable bonds is 6. The van der Waals surface area contributed by atoms with E-state index in [0.717, 1.165) is 0 Å². The van der Waals surface area contributed by atoms with Crippen molar-refractivity contribution in [2.45, 2.75) is 26.2 Å². The minimum absolute atomic E-state index is 0.0794. The smallest absolute Gasteiger partial charge is 0.336 e. The van der Waals surface area contributed by atoms with Crippen molar-refractivity contribution in [2.75, 3.05) is 27.4 Å². The normalized spacial score (nSPS) is 23.3. The zero-order chi connectivity index (χ0) is 22.7.